The van der Waals surface area contributed by atoms with Gasteiger partial charge in [-0.2, -0.15) is 5.10 Å². The fraction of sp³-hybridized carbons (Fsp3) is 0.333. The Bertz CT molecular complexity index is 561. The molecule has 0 aliphatic rings. The maximum atomic E-state index is 6.15. The molecule has 0 amide bonds. The van der Waals surface area contributed by atoms with E-state index in [1.165, 1.54) is 0 Å². The van der Waals surface area contributed by atoms with Gasteiger partial charge in [-0.1, -0.05) is 11.6 Å². The smallest absolute Gasteiger partial charge is 0.0848 e. The normalized spacial score (nSPS) is 10.9. The molecule has 0 aliphatic carbocycles. The molecule has 3 nitrogen and oxygen atoms in total. The van der Waals surface area contributed by atoms with Gasteiger partial charge < -0.3 is 0 Å². The predicted molar refractivity (Wildman–Crippen MR) is 70.1 cm³/mol. The molecule has 0 aromatic carbocycles. The lowest BCUT2D eigenvalue weighted by Gasteiger charge is -2.09. The highest BCUT2D eigenvalue weighted by Crippen LogP contribution is 2.25. The van der Waals surface area contributed by atoms with Crippen LogP contribution in [0.1, 0.15) is 22.6 Å². The second-order valence-electron chi connectivity index (χ2n) is 3.98. The Morgan fingerprint density at radius 3 is 2.53 bits per heavy atom. The van der Waals surface area contributed by atoms with Crippen molar-refractivity contribution in [3.05, 3.63) is 39.9 Å². The summed E-state index contributed by atoms with van der Waals surface area (Å²) in [5.41, 5.74) is 4.55. The number of pyridine rings is 1. The fourth-order valence-electron chi connectivity index (χ4n) is 1.73. The molecule has 90 valence electrons. The molecule has 2 aromatic rings. The molecule has 0 aliphatic heterocycles. The van der Waals surface area contributed by atoms with Crippen molar-refractivity contribution in [2.45, 2.75) is 26.7 Å². The van der Waals surface area contributed by atoms with Crippen molar-refractivity contribution in [1.29, 1.82) is 0 Å². The van der Waals surface area contributed by atoms with Crippen LogP contribution in [0.2, 0.25) is 5.02 Å². The van der Waals surface area contributed by atoms with Crippen molar-refractivity contribution in [1.82, 2.24) is 14.8 Å². The van der Waals surface area contributed by atoms with Crippen LogP contribution in [0.3, 0.4) is 0 Å². The van der Waals surface area contributed by atoms with Gasteiger partial charge in [-0.3, -0.25) is 4.98 Å². The maximum absolute atomic E-state index is 6.15. The Kier molecular flexibility index (Phi) is 3.40. The molecule has 0 atom stereocenters. The predicted octanol–water partition coefficient (Wildman–Crippen LogP) is 3.58. The molecule has 0 bridgehead atoms. The molecule has 2 aromatic heterocycles. The molecule has 0 fully saturated rings. The van der Waals surface area contributed by atoms with E-state index in [1.807, 2.05) is 31.5 Å². The molecule has 0 N–H and O–H groups in total. The molecule has 2 rings (SSSR count). The molecule has 5 heteroatoms. The second-order valence-corrected chi connectivity index (χ2v) is 4.63. The van der Waals surface area contributed by atoms with E-state index in [-0.39, 0.29) is 0 Å². The summed E-state index contributed by atoms with van der Waals surface area (Å²) in [7, 11) is 0. The number of nitrogens with zero attached hydrogens (tertiary/aromatic N) is 3. The largest absolute Gasteiger partial charge is 0.261 e. The fourth-order valence-corrected chi connectivity index (χ4v) is 2.06. The van der Waals surface area contributed by atoms with E-state index in [0.29, 0.717) is 10.9 Å². The quantitative estimate of drug-likeness (QED) is 0.781. The van der Waals surface area contributed by atoms with Crippen molar-refractivity contribution in [2.75, 3.05) is 0 Å². The minimum absolute atomic E-state index is 0.401. The monoisotopic (exact) mass is 269 g/mol. The number of halogens is 2. The summed E-state index contributed by atoms with van der Waals surface area (Å²) in [6.07, 6.45) is 1.78. The summed E-state index contributed by atoms with van der Waals surface area (Å²) < 4.78 is 1.82. The Labute approximate surface area is 110 Å². The van der Waals surface area contributed by atoms with Crippen molar-refractivity contribution >= 4 is 23.2 Å². The van der Waals surface area contributed by atoms with Gasteiger partial charge in [-0.05, 0) is 26.8 Å². The molecule has 17 heavy (non-hydrogen) atoms. The van der Waals surface area contributed by atoms with Crippen LogP contribution in [0.5, 0.6) is 0 Å². The van der Waals surface area contributed by atoms with Gasteiger partial charge in [-0.15, -0.1) is 11.6 Å². The van der Waals surface area contributed by atoms with Crippen LogP contribution in [0.4, 0.5) is 0 Å². The summed E-state index contributed by atoms with van der Waals surface area (Å²) in [6.45, 7) is 5.77. The van der Waals surface area contributed by atoms with Crippen molar-refractivity contribution in [3.63, 3.8) is 0 Å². The van der Waals surface area contributed by atoms with E-state index in [4.69, 9.17) is 23.2 Å². The van der Waals surface area contributed by atoms with Gasteiger partial charge in [0, 0.05) is 17.5 Å². The summed E-state index contributed by atoms with van der Waals surface area (Å²) in [6, 6.07) is 1.97. The number of rotatable bonds is 2. The second kappa shape index (κ2) is 4.67. The van der Waals surface area contributed by atoms with Gasteiger partial charge in [0.2, 0.25) is 0 Å². The van der Waals surface area contributed by atoms with Crippen LogP contribution in [0, 0.1) is 20.8 Å². The topological polar surface area (TPSA) is 30.7 Å². The van der Waals surface area contributed by atoms with E-state index in [0.717, 1.165) is 28.3 Å². The number of alkyl halides is 1. The summed E-state index contributed by atoms with van der Waals surface area (Å²) in [5.74, 6) is 0.401. The van der Waals surface area contributed by atoms with Crippen LogP contribution in [0.25, 0.3) is 5.69 Å². The standard InChI is InChI=1S/C12H13Cl2N3/c1-7-4-11(10(5-13)6-15-7)17-9(3)12(14)8(2)16-17/h4,6H,5H2,1-3H3. The molecular formula is C12H13Cl2N3. The summed E-state index contributed by atoms with van der Waals surface area (Å²) in [4.78, 5) is 4.24. The van der Waals surface area contributed by atoms with E-state index < -0.39 is 0 Å². The van der Waals surface area contributed by atoms with Gasteiger partial charge in [0.05, 0.1) is 28.0 Å². The summed E-state index contributed by atoms with van der Waals surface area (Å²) in [5, 5.41) is 5.12. The number of hydrogen-bond acceptors (Lipinski definition) is 2. The number of hydrogen-bond donors (Lipinski definition) is 0. The van der Waals surface area contributed by atoms with E-state index in [1.54, 1.807) is 6.20 Å². The SMILES string of the molecule is Cc1cc(-n2nc(C)c(Cl)c2C)c(CCl)cn1. The Hall–Kier alpha value is -1.06. The maximum Gasteiger partial charge on any atom is 0.0848 e. The highest BCUT2D eigenvalue weighted by Gasteiger charge is 2.13. The van der Waals surface area contributed by atoms with E-state index in [9.17, 15) is 0 Å². The molecule has 0 unspecified atom stereocenters. The van der Waals surface area contributed by atoms with Gasteiger partial charge in [0.15, 0.2) is 0 Å². The molecular weight excluding hydrogens is 257 g/mol. The first-order valence-electron chi connectivity index (χ1n) is 5.28. The third kappa shape index (κ3) is 2.17. The van der Waals surface area contributed by atoms with E-state index >= 15 is 0 Å². The van der Waals surface area contributed by atoms with Gasteiger partial charge >= 0.3 is 0 Å². The van der Waals surface area contributed by atoms with E-state index in [2.05, 4.69) is 10.1 Å². The Morgan fingerprint density at radius 2 is 2.00 bits per heavy atom. The number of aromatic nitrogens is 3. The van der Waals surface area contributed by atoms with Crippen molar-refractivity contribution in [2.24, 2.45) is 0 Å². The molecule has 0 radical (unpaired) electrons. The number of aryl methyl sites for hydroxylation is 2. The lowest BCUT2D eigenvalue weighted by Crippen LogP contribution is -2.04. The third-order valence-electron chi connectivity index (χ3n) is 2.67. The highest BCUT2D eigenvalue weighted by atomic mass is 35.5. The van der Waals surface area contributed by atoms with Crippen molar-refractivity contribution < 1.29 is 0 Å². The molecule has 0 saturated carbocycles. The minimum atomic E-state index is 0.401. The summed E-state index contributed by atoms with van der Waals surface area (Å²) >= 11 is 12.1. The molecule has 2 heterocycles. The van der Waals surface area contributed by atoms with Crippen LogP contribution < -0.4 is 0 Å². The van der Waals surface area contributed by atoms with Gasteiger partial charge in [0.1, 0.15) is 0 Å². The van der Waals surface area contributed by atoms with Crippen LogP contribution in [-0.2, 0) is 5.88 Å². The zero-order chi connectivity index (χ0) is 12.6. The van der Waals surface area contributed by atoms with Gasteiger partial charge in [-0.25, -0.2) is 4.68 Å². The first kappa shape index (κ1) is 12.4. The lowest BCUT2D eigenvalue weighted by molar-refractivity contribution is 0.821. The zero-order valence-corrected chi connectivity index (χ0v) is 11.5. The van der Waals surface area contributed by atoms with Crippen LogP contribution in [-0.4, -0.2) is 14.8 Å². The van der Waals surface area contributed by atoms with Crippen LogP contribution in [0.15, 0.2) is 12.3 Å². The highest BCUT2D eigenvalue weighted by molar-refractivity contribution is 6.31. The molecule has 0 spiro atoms. The van der Waals surface area contributed by atoms with Crippen LogP contribution >= 0.6 is 23.2 Å². The Morgan fingerprint density at radius 1 is 1.29 bits per heavy atom. The molecule has 0 saturated heterocycles. The first-order valence-corrected chi connectivity index (χ1v) is 6.19. The Balaban J connectivity index is 2.67. The minimum Gasteiger partial charge on any atom is -0.261 e. The van der Waals surface area contributed by atoms with Gasteiger partial charge in [0.25, 0.3) is 0 Å². The average Bonchev–Trinajstić information content (AvgIpc) is 2.57. The first-order chi connectivity index (χ1) is 8.04. The zero-order valence-electron chi connectivity index (χ0n) is 9.96. The lowest BCUT2D eigenvalue weighted by atomic mass is 10.2. The van der Waals surface area contributed by atoms with Crippen molar-refractivity contribution in [3.8, 4) is 5.69 Å². The average molecular weight is 270 g/mol. The third-order valence-corrected chi connectivity index (χ3v) is 3.51.